The summed E-state index contributed by atoms with van der Waals surface area (Å²) in [6, 6.07) is 2.55. The molecule has 2 fully saturated rings. The van der Waals surface area contributed by atoms with Crippen LogP contribution in [0.15, 0.2) is 35.9 Å². The lowest BCUT2D eigenvalue weighted by Crippen LogP contribution is -2.63. The first-order chi connectivity index (χ1) is 28.0. The van der Waals surface area contributed by atoms with Gasteiger partial charge < -0.3 is 43.9 Å². The van der Waals surface area contributed by atoms with Gasteiger partial charge in [-0.15, -0.1) is 0 Å². The van der Waals surface area contributed by atoms with E-state index < -0.39 is 65.7 Å². The van der Waals surface area contributed by atoms with E-state index in [-0.39, 0.29) is 41.6 Å². The Hall–Kier alpha value is -3.48. The predicted molar refractivity (Wildman–Crippen MR) is 233 cm³/mol. The molecule has 0 saturated carbocycles. The van der Waals surface area contributed by atoms with Crippen molar-refractivity contribution in [3.8, 4) is 5.75 Å². The molecule has 18 heteroatoms. The van der Waals surface area contributed by atoms with E-state index in [1.807, 2.05) is 33.8 Å². The summed E-state index contributed by atoms with van der Waals surface area (Å²) < 4.78 is 29.3. The van der Waals surface area contributed by atoms with Crippen molar-refractivity contribution >= 4 is 68.7 Å². The third-order valence-corrected chi connectivity index (χ3v) is 13.7. The zero-order valence-corrected chi connectivity index (χ0v) is 38.8. The van der Waals surface area contributed by atoms with Crippen molar-refractivity contribution in [3.63, 3.8) is 0 Å². The van der Waals surface area contributed by atoms with Gasteiger partial charge in [0.15, 0.2) is 5.72 Å². The van der Waals surface area contributed by atoms with E-state index in [4.69, 9.17) is 35.3 Å². The maximum absolute atomic E-state index is 14.2. The lowest BCUT2D eigenvalue weighted by atomic mass is 9.83. The number of methoxy groups -OCH3 is 2. The molecule has 0 spiro atoms. The van der Waals surface area contributed by atoms with Gasteiger partial charge >= 0.3 is 12.1 Å². The molecule has 4 rings (SSSR count). The lowest BCUT2D eigenvalue weighted by molar-refractivity contribution is -0.162. The van der Waals surface area contributed by atoms with Gasteiger partial charge in [-0.1, -0.05) is 63.9 Å². The van der Waals surface area contributed by atoms with Crippen molar-refractivity contribution in [2.75, 3.05) is 44.7 Å². The van der Waals surface area contributed by atoms with Gasteiger partial charge in [0, 0.05) is 63.4 Å². The number of nitrogens with one attached hydrogen (secondary N) is 2. The molecule has 0 aromatic heterocycles. The number of anilines is 1. The number of hydrogen-bond acceptors (Lipinski definition) is 13. The predicted octanol–water partition coefficient (Wildman–Crippen LogP) is 5.59. The summed E-state index contributed by atoms with van der Waals surface area (Å²) in [5, 5.41) is 17.4. The molecule has 1 aromatic carbocycles. The minimum absolute atomic E-state index is 0.0384. The lowest BCUT2D eigenvalue weighted by Gasteiger charge is -2.42. The van der Waals surface area contributed by atoms with E-state index in [9.17, 15) is 29.1 Å². The molecular formula is C42H61ClN4O11S2. The second-order valence-electron chi connectivity index (χ2n) is 16.8. The number of halogens is 1. The van der Waals surface area contributed by atoms with E-state index in [0.717, 1.165) is 11.1 Å². The van der Waals surface area contributed by atoms with E-state index >= 15 is 0 Å². The summed E-state index contributed by atoms with van der Waals surface area (Å²) in [6.45, 7) is 12.7. The molecular weight excluding hydrogens is 836 g/mol. The molecule has 4 bridgehead atoms. The number of benzene rings is 1. The first kappa shape index (κ1) is 49.2. The average molecular weight is 898 g/mol. The maximum atomic E-state index is 14.2. The van der Waals surface area contributed by atoms with E-state index in [0.29, 0.717) is 35.8 Å². The van der Waals surface area contributed by atoms with Crippen LogP contribution in [0.4, 0.5) is 10.5 Å². The molecule has 0 radical (unpaired) electrons. The first-order valence-electron chi connectivity index (χ1n) is 19.9. The zero-order valence-electron chi connectivity index (χ0n) is 36.4. The van der Waals surface area contributed by atoms with Crippen LogP contribution in [0.1, 0.15) is 79.7 Å². The second-order valence-corrected chi connectivity index (χ2v) is 19.9. The van der Waals surface area contributed by atoms with Crippen LogP contribution in [0.25, 0.3) is 0 Å². The number of carbonyl (C=O) groups excluding carboxylic acids is 5. The van der Waals surface area contributed by atoms with Crippen LogP contribution in [0.5, 0.6) is 5.75 Å². The quantitative estimate of drug-likeness (QED) is 0.102. The third kappa shape index (κ3) is 12.6. The molecule has 60 heavy (non-hydrogen) atoms. The number of esters is 1. The van der Waals surface area contributed by atoms with Crippen LogP contribution in [-0.4, -0.2) is 127 Å². The number of alkyl carbamates (subject to hydrolysis) is 1. The monoisotopic (exact) mass is 896 g/mol. The molecule has 2 saturated heterocycles. The minimum Gasteiger partial charge on any atom is -0.495 e. The number of ether oxygens (including phenoxy) is 5. The summed E-state index contributed by atoms with van der Waals surface area (Å²) in [6.07, 6.45) is 1.29. The molecule has 1 aromatic rings. The van der Waals surface area contributed by atoms with E-state index in [1.54, 1.807) is 52.1 Å². The Morgan fingerprint density at radius 1 is 1.17 bits per heavy atom. The van der Waals surface area contributed by atoms with Gasteiger partial charge in [-0.3, -0.25) is 19.7 Å². The Labute approximate surface area is 366 Å². The summed E-state index contributed by atoms with van der Waals surface area (Å²) in [7, 11) is 8.97. The van der Waals surface area contributed by atoms with Crippen LogP contribution in [0, 0.1) is 5.92 Å². The summed E-state index contributed by atoms with van der Waals surface area (Å²) in [4.78, 5) is 69.0. The van der Waals surface area contributed by atoms with Crippen molar-refractivity contribution < 1.29 is 52.8 Å². The topological polar surface area (TPSA) is 186 Å². The minimum atomic E-state index is -1.84. The van der Waals surface area contributed by atoms with Crippen LogP contribution >= 0.6 is 33.2 Å². The van der Waals surface area contributed by atoms with E-state index in [1.165, 1.54) is 52.7 Å². The van der Waals surface area contributed by atoms with Crippen molar-refractivity contribution in [2.24, 2.45) is 5.92 Å². The van der Waals surface area contributed by atoms with E-state index in [2.05, 4.69) is 10.6 Å². The molecule has 3 aliphatic heterocycles. The number of nitrogens with zero attached hydrogens (tertiary/aromatic N) is 2. The van der Waals surface area contributed by atoms with Gasteiger partial charge in [0.1, 0.15) is 40.7 Å². The summed E-state index contributed by atoms with van der Waals surface area (Å²) >= 11 is 6.79. The highest BCUT2D eigenvalue weighted by atomic mass is 35.5. The number of likely N-dealkylation sites (N-methyl/N-ethyl adjacent to an activating group) is 1. The molecule has 1 unspecified atom stereocenters. The number of fused-ring (bicyclic) bond motifs is 5. The Kier molecular flexibility index (Phi) is 16.9. The Balaban J connectivity index is 1.58. The number of amides is 4. The molecule has 3 N–H and O–H groups in total. The number of rotatable bonds is 12. The average Bonchev–Trinajstić information content (AvgIpc) is 3.87. The second kappa shape index (κ2) is 20.6. The van der Waals surface area contributed by atoms with Crippen molar-refractivity contribution in [1.82, 2.24) is 15.5 Å². The fourth-order valence-corrected chi connectivity index (χ4v) is 9.54. The van der Waals surface area contributed by atoms with Crippen molar-refractivity contribution in [1.29, 1.82) is 0 Å². The summed E-state index contributed by atoms with van der Waals surface area (Å²) in [5.41, 5.74) is -1.29. The Bertz CT molecular complexity index is 1830. The highest BCUT2D eigenvalue weighted by Crippen LogP contribution is 2.49. The smallest absolute Gasteiger partial charge is 0.409 e. The molecule has 0 aliphatic carbocycles. The van der Waals surface area contributed by atoms with Crippen LogP contribution < -0.4 is 20.3 Å². The van der Waals surface area contributed by atoms with Crippen LogP contribution in [-0.2, 0) is 44.5 Å². The van der Waals surface area contributed by atoms with Gasteiger partial charge in [0.25, 0.3) is 0 Å². The Morgan fingerprint density at radius 2 is 1.83 bits per heavy atom. The maximum Gasteiger partial charge on any atom is 0.409 e. The largest absolute Gasteiger partial charge is 0.495 e. The molecule has 3 heterocycles. The summed E-state index contributed by atoms with van der Waals surface area (Å²) in [5.74, 6) is -0.654. The first-order valence-corrected chi connectivity index (χ1v) is 22.8. The number of epoxide rings is 1. The highest BCUT2D eigenvalue weighted by Gasteiger charge is 2.64. The molecule has 8 atom stereocenters. The van der Waals surface area contributed by atoms with Crippen molar-refractivity contribution in [2.45, 2.75) is 128 Å². The van der Waals surface area contributed by atoms with Gasteiger partial charge in [-0.25, -0.2) is 9.59 Å². The van der Waals surface area contributed by atoms with Gasteiger partial charge in [0.05, 0.1) is 25.3 Å². The van der Waals surface area contributed by atoms with Gasteiger partial charge in [-0.05, 0) is 65.7 Å². The standard InChI is InChI=1S/C42H61ClN4O11S2/c1-24-13-12-14-31(55-11)42(53)23-30(56-39(52)45-42)25(2)37-41(7,58-37)32(22-35(50)47(9)28-20-27(19-24)21-29(54-10)36(28)43)57-38(51)26(3)46(8)34(49)16-18-60-59-17-15-33(48)44-40(4,5)6/h12-14,20-21,25-26,30-32,37,53H,15-19,22-23H2,1-11H3,(H,44,48)(H,45,52)/b14-12+,24-13+/t25?,26-,30-,31+,32-,37-,41-,42-/m0/s1. The molecule has 334 valence electrons. The highest BCUT2D eigenvalue weighted by molar-refractivity contribution is 8.76. The van der Waals surface area contributed by atoms with Crippen molar-refractivity contribution in [3.05, 3.63) is 46.5 Å². The van der Waals surface area contributed by atoms with Gasteiger partial charge in [0.2, 0.25) is 17.7 Å². The fourth-order valence-electron chi connectivity index (χ4n) is 7.26. The number of aliphatic hydroxyl groups is 1. The van der Waals surface area contributed by atoms with Gasteiger partial charge in [-0.2, -0.15) is 0 Å². The normalized spacial score (nSPS) is 29.1. The number of allylic oxidation sites excluding steroid dienone is 3. The molecule has 3 aliphatic rings. The zero-order chi connectivity index (χ0) is 44.7. The molecule has 15 nitrogen and oxygen atoms in total. The Morgan fingerprint density at radius 3 is 2.47 bits per heavy atom. The SMILES string of the molecule is COc1cc2cc(c1Cl)N(C)C(=O)C[C@H](OC(=O)[C@H](C)N(C)C(=O)CCSSCCC(=O)NC(C)(C)C)[C@]1(C)O[C@H]1C(C)[C@@H]1C[C@@](O)(NC(=O)O1)[C@H](OC)/C=C/C=C(\C)C2. The third-order valence-electron chi connectivity index (χ3n) is 10.9. The van der Waals surface area contributed by atoms with Crippen LogP contribution in [0.2, 0.25) is 5.02 Å². The van der Waals surface area contributed by atoms with Crippen LogP contribution in [0.3, 0.4) is 0 Å². The molecule has 4 amide bonds. The number of hydrogen-bond donors (Lipinski definition) is 3. The fraction of sp³-hybridized carbons (Fsp3) is 0.643. The number of carbonyl (C=O) groups is 5.